The van der Waals surface area contributed by atoms with Crippen molar-refractivity contribution >= 4 is 40.0 Å². The third-order valence-electron chi connectivity index (χ3n) is 2.74. The highest BCUT2D eigenvalue weighted by molar-refractivity contribution is 14.1. The molecule has 2 aromatic carbocycles. The molecule has 2 aromatic rings. The van der Waals surface area contributed by atoms with Crippen LogP contribution >= 0.6 is 22.6 Å². The number of halogens is 1. The minimum atomic E-state index is -0.336. The number of rotatable bonds is 3. The number of phenolic OH excluding ortho intramolecular Hbond substituents is 1. The van der Waals surface area contributed by atoms with Crippen molar-refractivity contribution in [3.05, 3.63) is 57.2 Å². The van der Waals surface area contributed by atoms with Crippen molar-refractivity contribution in [2.45, 2.75) is 6.92 Å². The summed E-state index contributed by atoms with van der Waals surface area (Å²) < 4.78 is 0.678. The van der Waals surface area contributed by atoms with E-state index in [0.29, 0.717) is 20.4 Å². The quantitative estimate of drug-likeness (QED) is 0.632. The molecule has 0 aliphatic carbocycles. The van der Waals surface area contributed by atoms with E-state index >= 15 is 0 Å². The Morgan fingerprint density at radius 1 is 1.10 bits per heavy atom. The summed E-state index contributed by atoms with van der Waals surface area (Å²) in [6.45, 7) is 1.47. The van der Waals surface area contributed by atoms with E-state index < -0.39 is 0 Å². The van der Waals surface area contributed by atoms with Crippen LogP contribution in [0.25, 0.3) is 0 Å². The van der Waals surface area contributed by atoms with Gasteiger partial charge in [-0.2, -0.15) is 0 Å². The van der Waals surface area contributed by atoms with Crippen molar-refractivity contribution in [3.63, 3.8) is 0 Å². The van der Waals surface area contributed by atoms with Gasteiger partial charge in [-0.1, -0.05) is 12.1 Å². The van der Waals surface area contributed by atoms with E-state index in [4.69, 9.17) is 0 Å². The van der Waals surface area contributed by atoms with E-state index in [-0.39, 0.29) is 17.4 Å². The van der Waals surface area contributed by atoms with E-state index in [1.165, 1.54) is 13.0 Å². The SMILES string of the molecule is CC(=O)c1cccc(NC(=O)c2ccc(I)c(O)c2)c1. The van der Waals surface area contributed by atoms with Crippen LogP contribution in [0.4, 0.5) is 5.69 Å². The number of anilines is 1. The van der Waals surface area contributed by atoms with Crippen molar-refractivity contribution in [1.29, 1.82) is 0 Å². The fraction of sp³-hybridized carbons (Fsp3) is 0.0667. The van der Waals surface area contributed by atoms with Gasteiger partial charge in [-0.05, 0) is 59.8 Å². The molecule has 0 saturated carbocycles. The number of carbonyl (C=O) groups is 2. The molecule has 0 atom stereocenters. The van der Waals surface area contributed by atoms with Gasteiger partial charge in [0.2, 0.25) is 0 Å². The van der Waals surface area contributed by atoms with E-state index in [1.807, 2.05) is 22.6 Å². The van der Waals surface area contributed by atoms with E-state index in [0.717, 1.165) is 0 Å². The average molecular weight is 381 g/mol. The van der Waals surface area contributed by atoms with Gasteiger partial charge in [-0.3, -0.25) is 9.59 Å². The molecule has 4 nitrogen and oxygen atoms in total. The molecule has 0 spiro atoms. The number of carbonyl (C=O) groups excluding carboxylic acids is 2. The maximum absolute atomic E-state index is 12.0. The smallest absolute Gasteiger partial charge is 0.255 e. The zero-order valence-electron chi connectivity index (χ0n) is 10.7. The molecule has 2 rings (SSSR count). The number of hydrogen-bond donors (Lipinski definition) is 2. The van der Waals surface area contributed by atoms with E-state index in [9.17, 15) is 14.7 Å². The zero-order valence-corrected chi connectivity index (χ0v) is 12.8. The number of hydrogen-bond acceptors (Lipinski definition) is 3. The number of Topliss-reactive ketones (excluding diaryl/α,β-unsaturated/α-hetero) is 1. The first kappa shape index (κ1) is 14.5. The van der Waals surface area contributed by atoms with Gasteiger partial charge in [-0.25, -0.2) is 0 Å². The number of amides is 1. The molecule has 20 heavy (non-hydrogen) atoms. The van der Waals surface area contributed by atoms with Crippen LogP contribution < -0.4 is 5.32 Å². The van der Waals surface area contributed by atoms with E-state index in [1.54, 1.807) is 36.4 Å². The lowest BCUT2D eigenvalue weighted by Gasteiger charge is -2.07. The summed E-state index contributed by atoms with van der Waals surface area (Å²) in [5.74, 6) is -0.332. The summed E-state index contributed by atoms with van der Waals surface area (Å²) in [5, 5.41) is 12.3. The molecule has 2 N–H and O–H groups in total. The highest BCUT2D eigenvalue weighted by Gasteiger charge is 2.09. The first-order valence-electron chi connectivity index (χ1n) is 5.88. The number of nitrogens with one attached hydrogen (secondary N) is 1. The van der Waals surface area contributed by atoms with Crippen LogP contribution in [0.5, 0.6) is 5.75 Å². The van der Waals surface area contributed by atoms with Crippen molar-refractivity contribution in [2.24, 2.45) is 0 Å². The summed E-state index contributed by atoms with van der Waals surface area (Å²) in [6, 6.07) is 11.4. The highest BCUT2D eigenvalue weighted by atomic mass is 127. The minimum Gasteiger partial charge on any atom is -0.507 e. The molecule has 0 radical (unpaired) electrons. The first-order chi connectivity index (χ1) is 9.47. The second-order valence-electron chi connectivity index (χ2n) is 4.26. The molecule has 1 amide bonds. The maximum Gasteiger partial charge on any atom is 0.255 e. The fourth-order valence-electron chi connectivity index (χ4n) is 1.67. The van der Waals surface area contributed by atoms with Gasteiger partial charge in [0.15, 0.2) is 5.78 Å². The van der Waals surface area contributed by atoms with Crippen molar-refractivity contribution < 1.29 is 14.7 Å². The Morgan fingerprint density at radius 2 is 1.85 bits per heavy atom. The molecule has 0 heterocycles. The highest BCUT2D eigenvalue weighted by Crippen LogP contribution is 2.21. The Kier molecular flexibility index (Phi) is 4.39. The molecule has 0 aliphatic rings. The van der Waals surface area contributed by atoms with Crippen LogP contribution in [0, 0.1) is 3.57 Å². The van der Waals surface area contributed by atoms with Gasteiger partial charge in [0.1, 0.15) is 5.75 Å². The summed E-state index contributed by atoms with van der Waals surface area (Å²) in [7, 11) is 0. The van der Waals surface area contributed by atoms with Gasteiger partial charge >= 0.3 is 0 Å². The van der Waals surface area contributed by atoms with Crippen LogP contribution in [0.3, 0.4) is 0 Å². The predicted molar refractivity (Wildman–Crippen MR) is 85.2 cm³/mol. The van der Waals surface area contributed by atoms with Gasteiger partial charge in [-0.15, -0.1) is 0 Å². The maximum atomic E-state index is 12.0. The molecule has 0 bridgehead atoms. The Labute approximate surface area is 130 Å². The van der Waals surface area contributed by atoms with Crippen molar-refractivity contribution in [2.75, 3.05) is 5.32 Å². The number of aromatic hydroxyl groups is 1. The average Bonchev–Trinajstić information content (AvgIpc) is 2.42. The third kappa shape index (κ3) is 3.36. The fourth-order valence-corrected chi connectivity index (χ4v) is 2.01. The Hall–Kier alpha value is -1.89. The lowest BCUT2D eigenvalue weighted by atomic mass is 10.1. The van der Waals surface area contributed by atoms with Crippen LogP contribution in [0.2, 0.25) is 0 Å². The van der Waals surface area contributed by atoms with Gasteiger partial charge in [0, 0.05) is 16.8 Å². The first-order valence-corrected chi connectivity index (χ1v) is 6.96. The molecule has 0 unspecified atom stereocenters. The molecule has 0 aromatic heterocycles. The molecule has 102 valence electrons. The number of ketones is 1. The van der Waals surface area contributed by atoms with Crippen LogP contribution in [-0.2, 0) is 0 Å². The molecular weight excluding hydrogens is 369 g/mol. The minimum absolute atomic E-state index is 0.0620. The Bertz CT molecular complexity index is 683. The molecular formula is C15H12INO3. The second kappa shape index (κ2) is 6.04. The monoisotopic (exact) mass is 381 g/mol. The van der Waals surface area contributed by atoms with Gasteiger partial charge in [0.25, 0.3) is 5.91 Å². The lowest BCUT2D eigenvalue weighted by Crippen LogP contribution is -2.12. The third-order valence-corrected chi connectivity index (χ3v) is 3.65. The predicted octanol–water partition coefficient (Wildman–Crippen LogP) is 3.45. The van der Waals surface area contributed by atoms with Crippen LogP contribution in [0.1, 0.15) is 27.6 Å². The number of phenols is 1. The van der Waals surface area contributed by atoms with Crippen molar-refractivity contribution in [1.82, 2.24) is 0 Å². The Balaban J connectivity index is 2.21. The summed E-state index contributed by atoms with van der Waals surface area (Å²) in [4.78, 5) is 23.3. The van der Waals surface area contributed by atoms with Gasteiger partial charge < -0.3 is 10.4 Å². The van der Waals surface area contributed by atoms with Crippen LogP contribution in [0.15, 0.2) is 42.5 Å². The lowest BCUT2D eigenvalue weighted by molar-refractivity contribution is 0.101. The standard InChI is InChI=1S/C15H12INO3/c1-9(18)10-3-2-4-12(7-10)17-15(20)11-5-6-13(16)14(19)8-11/h2-8,19H,1H3,(H,17,20). The number of benzene rings is 2. The molecule has 0 fully saturated rings. The summed E-state index contributed by atoms with van der Waals surface area (Å²) >= 11 is 1.98. The summed E-state index contributed by atoms with van der Waals surface area (Å²) in [6.07, 6.45) is 0. The van der Waals surface area contributed by atoms with Gasteiger partial charge in [0.05, 0.1) is 3.57 Å². The normalized spacial score (nSPS) is 10.1. The largest absolute Gasteiger partial charge is 0.507 e. The van der Waals surface area contributed by atoms with Crippen molar-refractivity contribution in [3.8, 4) is 5.75 Å². The second-order valence-corrected chi connectivity index (χ2v) is 5.42. The topological polar surface area (TPSA) is 66.4 Å². The molecule has 5 heteroatoms. The van der Waals surface area contributed by atoms with Crippen LogP contribution in [-0.4, -0.2) is 16.8 Å². The molecule has 0 saturated heterocycles. The van der Waals surface area contributed by atoms with E-state index in [2.05, 4.69) is 5.32 Å². The zero-order chi connectivity index (χ0) is 14.7. The Morgan fingerprint density at radius 3 is 2.50 bits per heavy atom. The molecule has 0 aliphatic heterocycles. The summed E-state index contributed by atoms with van der Waals surface area (Å²) in [5.41, 5.74) is 1.44.